The van der Waals surface area contributed by atoms with Gasteiger partial charge in [-0.2, -0.15) is 0 Å². The van der Waals surface area contributed by atoms with Gasteiger partial charge in [-0.1, -0.05) is 0 Å². The van der Waals surface area contributed by atoms with Gasteiger partial charge >= 0.3 is 0 Å². The largest absolute Gasteiger partial charge is 0.394 e. The molecular formula is C35H44I6N6O15. The Balaban J connectivity index is 2.77. The van der Waals surface area contributed by atoms with Crippen LogP contribution in [0.15, 0.2) is 0 Å². The molecule has 0 bridgehead atoms. The van der Waals surface area contributed by atoms with Gasteiger partial charge in [0.2, 0.25) is 6.10 Å². The minimum absolute atomic E-state index is 0.0428. The number of hydrogen-bond acceptors (Lipinski definition) is 15. The Hall–Kier alpha value is -0.720. The fourth-order valence-electron chi connectivity index (χ4n) is 5.39. The number of halogens is 6. The summed E-state index contributed by atoms with van der Waals surface area (Å²) in [7, 11) is 5.28. The summed E-state index contributed by atoms with van der Waals surface area (Å²) in [6.45, 7) is -4.03. The molecule has 0 spiro atoms. The number of benzene rings is 2. The van der Waals surface area contributed by atoms with Crippen molar-refractivity contribution in [1.82, 2.24) is 19.6 Å². The Morgan fingerprint density at radius 1 is 0.419 bits per heavy atom. The normalized spacial score (nSPS) is 13.7. The molecule has 4 atom stereocenters. The van der Waals surface area contributed by atoms with Crippen LogP contribution in [-0.2, 0) is 9.59 Å². The summed E-state index contributed by atoms with van der Waals surface area (Å²) in [5.41, 5.74) is -0.946. The Labute approximate surface area is 437 Å². The van der Waals surface area contributed by atoms with Gasteiger partial charge in [0.05, 0.1) is 98.8 Å². The maximum atomic E-state index is 13.9. The predicted octanol–water partition coefficient (Wildman–Crippen LogP) is -1.05. The van der Waals surface area contributed by atoms with Crippen molar-refractivity contribution in [3.8, 4) is 0 Å². The number of carbonyl (C=O) groups is 6. The molecule has 0 saturated carbocycles. The maximum absolute atomic E-state index is 13.9. The van der Waals surface area contributed by atoms with Crippen molar-refractivity contribution in [2.24, 2.45) is 0 Å². The molecule has 0 radical (unpaired) electrons. The van der Waals surface area contributed by atoms with Crippen LogP contribution in [0.2, 0.25) is 0 Å². The first kappa shape index (κ1) is 57.4. The third kappa shape index (κ3) is 14.2. The van der Waals surface area contributed by atoms with Crippen LogP contribution in [0.1, 0.15) is 41.4 Å². The van der Waals surface area contributed by atoms with E-state index in [0.717, 1.165) is 19.6 Å². The van der Waals surface area contributed by atoms with Gasteiger partial charge in [-0.05, 0) is 136 Å². The Morgan fingerprint density at radius 3 is 0.790 bits per heavy atom. The Morgan fingerprint density at radius 2 is 0.613 bits per heavy atom. The molecule has 0 aliphatic heterocycles. The average molecular weight is 1550 g/mol. The molecule has 0 fully saturated rings. The number of nitrogens with one attached hydrogen (secondary N) is 2. The van der Waals surface area contributed by atoms with E-state index in [-0.39, 0.29) is 81.2 Å². The minimum Gasteiger partial charge on any atom is -0.394 e. The molecule has 62 heavy (non-hydrogen) atoms. The first-order valence-corrected chi connectivity index (χ1v) is 24.2. The fourth-order valence-corrected chi connectivity index (χ4v) is 14.1. The SMILES string of the molecule is CN(CC(O)CO)C(=O)c1c(I)c(NC(=O)C(O)C(=O)Nc2c(I)c(C(=O)N(C)CC(O)CO)c(I)c(C(=O)N(C)CC(O)CO)c2I)c(I)c(C(=O)N(C)CC(O)CO)c1I. The van der Waals surface area contributed by atoms with Crippen molar-refractivity contribution >= 4 is 182 Å². The standard InChI is InChI=1S/C35H44I6N6O15/c1-44(5-13(52)9-48)32(59)17-21(36)18(33(60)45(2)6-14(53)10-49)24(39)27(23(17)38)42-30(57)29(56)31(58)43-28-25(40)19(34(61)46(3)7-15(54)11-50)22(37)20(26(28)41)35(62)47(4)8-16(55)12-51/h13-16,29,48-56H,5-12H2,1-4H3,(H,42,57)(H,43,58). The molecule has 0 aliphatic carbocycles. The van der Waals surface area contributed by atoms with Gasteiger partial charge < -0.3 is 76.2 Å². The van der Waals surface area contributed by atoms with E-state index in [9.17, 15) is 74.7 Å². The van der Waals surface area contributed by atoms with Crippen LogP contribution in [0.25, 0.3) is 0 Å². The third-order valence-electron chi connectivity index (χ3n) is 8.65. The lowest BCUT2D eigenvalue weighted by molar-refractivity contribution is -0.134. The lowest BCUT2D eigenvalue weighted by atomic mass is 10.1. The highest BCUT2D eigenvalue weighted by molar-refractivity contribution is 14.1. The van der Waals surface area contributed by atoms with Crippen LogP contribution in [0.4, 0.5) is 11.4 Å². The van der Waals surface area contributed by atoms with E-state index >= 15 is 0 Å². The quantitative estimate of drug-likeness (QED) is 0.0557. The number of aliphatic hydroxyl groups excluding tert-OH is 9. The van der Waals surface area contributed by atoms with Gasteiger partial charge in [0.15, 0.2) is 0 Å². The second-order valence-electron chi connectivity index (χ2n) is 13.6. The van der Waals surface area contributed by atoms with Crippen LogP contribution in [0.5, 0.6) is 0 Å². The molecular weight excluding hydrogens is 1510 g/mol. The van der Waals surface area contributed by atoms with E-state index in [1.165, 1.54) is 28.2 Å². The predicted molar refractivity (Wildman–Crippen MR) is 273 cm³/mol. The highest BCUT2D eigenvalue weighted by atomic mass is 127. The van der Waals surface area contributed by atoms with E-state index in [4.69, 9.17) is 0 Å². The number of carbonyl (C=O) groups excluding carboxylic acids is 6. The summed E-state index contributed by atoms with van der Waals surface area (Å²) in [6.07, 6.45) is -7.84. The first-order chi connectivity index (χ1) is 28.8. The Bertz CT molecular complexity index is 1780. The highest BCUT2D eigenvalue weighted by Crippen LogP contribution is 2.39. The molecule has 27 heteroatoms. The van der Waals surface area contributed by atoms with Crippen molar-refractivity contribution in [1.29, 1.82) is 0 Å². The van der Waals surface area contributed by atoms with Crippen LogP contribution >= 0.6 is 136 Å². The molecule has 0 aromatic heterocycles. The molecule has 0 saturated heterocycles. The Kier molecular flexibility index (Phi) is 24.1. The van der Waals surface area contributed by atoms with Crippen molar-refractivity contribution in [3.63, 3.8) is 0 Å². The van der Waals surface area contributed by atoms with Crippen molar-refractivity contribution < 1.29 is 74.7 Å². The summed E-state index contributed by atoms with van der Waals surface area (Å²) in [5.74, 6) is -5.73. The molecule has 2 aromatic rings. The van der Waals surface area contributed by atoms with E-state index in [2.05, 4.69) is 10.6 Å². The topological polar surface area (TPSA) is 322 Å². The maximum Gasteiger partial charge on any atom is 0.263 e. The van der Waals surface area contributed by atoms with Crippen LogP contribution in [-0.4, -0.2) is 212 Å². The summed E-state index contributed by atoms with van der Waals surface area (Å²) in [4.78, 5) is 87.3. The summed E-state index contributed by atoms with van der Waals surface area (Å²) in [6, 6.07) is 0. The number of hydrogen-bond donors (Lipinski definition) is 11. The zero-order valence-electron chi connectivity index (χ0n) is 33.1. The lowest BCUT2D eigenvalue weighted by Gasteiger charge is -2.27. The van der Waals surface area contributed by atoms with E-state index in [1.807, 2.05) is 0 Å². The molecule has 6 amide bonds. The van der Waals surface area contributed by atoms with Gasteiger partial charge in [0.25, 0.3) is 35.4 Å². The number of rotatable bonds is 20. The number of aliphatic hydroxyl groups is 9. The molecule has 21 nitrogen and oxygen atoms in total. The third-order valence-corrected chi connectivity index (χ3v) is 15.1. The minimum atomic E-state index is -2.53. The van der Waals surface area contributed by atoms with Gasteiger partial charge in [0.1, 0.15) is 0 Å². The molecule has 2 aromatic carbocycles. The molecule has 0 heterocycles. The zero-order valence-corrected chi connectivity index (χ0v) is 46.0. The molecule has 4 unspecified atom stereocenters. The van der Waals surface area contributed by atoms with E-state index in [0.29, 0.717) is 0 Å². The van der Waals surface area contributed by atoms with Gasteiger partial charge in [-0.15, -0.1) is 0 Å². The highest BCUT2D eigenvalue weighted by Gasteiger charge is 2.36. The molecule has 2 rings (SSSR count). The van der Waals surface area contributed by atoms with Gasteiger partial charge in [-0.25, -0.2) is 0 Å². The summed E-state index contributed by atoms with van der Waals surface area (Å²) in [5, 5.41) is 93.7. The fraction of sp³-hybridized carbons (Fsp3) is 0.486. The van der Waals surface area contributed by atoms with Crippen LogP contribution in [0, 0.1) is 21.4 Å². The second-order valence-corrected chi connectivity index (χ2v) is 20.1. The lowest BCUT2D eigenvalue weighted by Crippen LogP contribution is -2.41. The zero-order chi connectivity index (χ0) is 47.7. The number of nitrogens with zero attached hydrogens (tertiary/aromatic N) is 4. The molecule has 346 valence electrons. The first-order valence-electron chi connectivity index (χ1n) is 17.7. The summed E-state index contributed by atoms with van der Waals surface area (Å²) < 4.78 is 0.347. The number of likely N-dealkylation sites (N-methyl/N-ethyl adjacent to an activating group) is 4. The van der Waals surface area contributed by atoms with E-state index in [1.54, 1.807) is 136 Å². The van der Waals surface area contributed by atoms with Crippen LogP contribution < -0.4 is 10.6 Å². The van der Waals surface area contributed by atoms with Crippen molar-refractivity contribution in [2.75, 3.05) is 91.4 Å². The number of amides is 6. The van der Waals surface area contributed by atoms with Crippen molar-refractivity contribution in [3.05, 3.63) is 43.7 Å². The van der Waals surface area contributed by atoms with Crippen molar-refractivity contribution in [2.45, 2.75) is 30.5 Å². The van der Waals surface area contributed by atoms with Gasteiger partial charge in [0, 0.05) is 61.5 Å². The molecule has 0 aliphatic rings. The smallest absolute Gasteiger partial charge is 0.263 e. The summed E-state index contributed by atoms with van der Waals surface area (Å²) >= 11 is 10.4. The average Bonchev–Trinajstić information content (AvgIpc) is 3.22. The monoisotopic (exact) mass is 1550 g/mol. The second kappa shape index (κ2) is 26.0. The number of anilines is 2. The molecule has 11 N–H and O–H groups in total. The van der Waals surface area contributed by atoms with Crippen LogP contribution in [0.3, 0.4) is 0 Å². The van der Waals surface area contributed by atoms with E-state index < -0.39 is 92.4 Å². The van der Waals surface area contributed by atoms with Gasteiger partial charge in [-0.3, -0.25) is 28.8 Å².